The average molecular weight is 428 g/mol. The molecular weight excluding hydrogens is 406 g/mol. The molecule has 3 aromatic rings. The summed E-state index contributed by atoms with van der Waals surface area (Å²) in [6, 6.07) is 13.9. The molecule has 0 saturated carbocycles. The fourth-order valence-electron chi connectivity index (χ4n) is 2.99. The number of hydrogen-bond donors (Lipinski definition) is 1. The maximum Gasteiger partial charge on any atom is 0.254 e. The van der Waals surface area contributed by atoms with E-state index in [2.05, 4.69) is 10.3 Å². The zero-order valence-corrected chi connectivity index (χ0v) is 17.7. The Bertz CT molecular complexity index is 1110. The second-order valence-electron chi connectivity index (χ2n) is 6.45. The van der Waals surface area contributed by atoms with E-state index >= 15 is 0 Å². The zero-order valence-electron chi connectivity index (χ0n) is 16.9. The summed E-state index contributed by atoms with van der Waals surface area (Å²) in [5, 5.41) is 3.07. The van der Waals surface area contributed by atoms with Crippen molar-refractivity contribution in [2.45, 2.75) is 19.9 Å². The van der Waals surface area contributed by atoms with Crippen molar-refractivity contribution in [2.24, 2.45) is 0 Å². The minimum Gasteiger partial charge on any atom is -0.495 e. The minimum atomic E-state index is -0.417. The zero-order chi connectivity index (χ0) is 21.7. The van der Waals surface area contributed by atoms with E-state index in [-0.39, 0.29) is 12.1 Å². The van der Waals surface area contributed by atoms with E-state index in [1.807, 2.05) is 37.3 Å². The number of ether oxygens (including phenoxy) is 2. The standard InChI is InChI=1S/C22H22ClN3O4/c1-4-15-10-21(28)26(22(24-15)14-8-6-5-7-9-14)13-20(27)25-17-11-16(23)18(29-2)12-19(17)30-3/h5-12H,4,13H2,1-3H3,(H,25,27). The Balaban J connectivity index is 1.94. The van der Waals surface area contributed by atoms with Gasteiger partial charge in [-0.25, -0.2) is 4.98 Å². The first-order valence-electron chi connectivity index (χ1n) is 9.34. The first-order valence-corrected chi connectivity index (χ1v) is 9.72. The van der Waals surface area contributed by atoms with Gasteiger partial charge >= 0.3 is 0 Å². The SMILES string of the molecule is CCc1cc(=O)n(CC(=O)Nc2cc(Cl)c(OC)cc2OC)c(-c2ccccc2)n1. The Kier molecular flexibility index (Phi) is 6.74. The second-order valence-corrected chi connectivity index (χ2v) is 6.86. The van der Waals surface area contributed by atoms with Crippen LogP contribution in [0.25, 0.3) is 11.4 Å². The van der Waals surface area contributed by atoms with E-state index < -0.39 is 5.91 Å². The average Bonchev–Trinajstić information content (AvgIpc) is 2.75. The van der Waals surface area contributed by atoms with Gasteiger partial charge in [0.25, 0.3) is 5.56 Å². The second kappa shape index (κ2) is 9.45. The number of methoxy groups -OCH3 is 2. The Morgan fingerprint density at radius 1 is 1.10 bits per heavy atom. The number of aromatic nitrogens is 2. The predicted molar refractivity (Wildman–Crippen MR) is 116 cm³/mol. The molecule has 7 nitrogen and oxygen atoms in total. The molecule has 0 radical (unpaired) electrons. The Labute approximate surface area is 179 Å². The Morgan fingerprint density at radius 2 is 1.80 bits per heavy atom. The van der Waals surface area contributed by atoms with Gasteiger partial charge in [0.15, 0.2) is 0 Å². The van der Waals surface area contributed by atoms with Crippen LogP contribution >= 0.6 is 11.6 Å². The molecule has 0 spiro atoms. The third kappa shape index (κ3) is 4.63. The third-order valence-electron chi connectivity index (χ3n) is 4.51. The lowest BCUT2D eigenvalue weighted by Gasteiger charge is -2.15. The molecule has 0 saturated heterocycles. The van der Waals surface area contributed by atoms with E-state index in [1.165, 1.54) is 30.9 Å². The summed E-state index contributed by atoms with van der Waals surface area (Å²) in [6.45, 7) is 1.71. The number of halogens is 1. The maximum absolute atomic E-state index is 12.8. The van der Waals surface area contributed by atoms with E-state index in [4.69, 9.17) is 21.1 Å². The monoisotopic (exact) mass is 427 g/mol. The van der Waals surface area contributed by atoms with Crippen LogP contribution in [0.15, 0.2) is 53.3 Å². The Hall–Kier alpha value is -3.32. The quantitative estimate of drug-likeness (QED) is 0.620. The number of aryl methyl sites for hydroxylation is 1. The van der Waals surface area contributed by atoms with Crippen molar-refractivity contribution < 1.29 is 14.3 Å². The summed E-state index contributed by atoms with van der Waals surface area (Å²) in [6.07, 6.45) is 0.615. The summed E-state index contributed by atoms with van der Waals surface area (Å²) < 4.78 is 11.8. The molecular formula is C22H22ClN3O4. The van der Waals surface area contributed by atoms with Gasteiger partial charge in [-0.05, 0) is 12.5 Å². The topological polar surface area (TPSA) is 82.5 Å². The van der Waals surface area contributed by atoms with Crippen LogP contribution in [-0.4, -0.2) is 29.7 Å². The Morgan fingerprint density at radius 3 is 2.43 bits per heavy atom. The number of hydrogen-bond acceptors (Lipinski definition) is 5. The number of carbonyl (C=O) groups excluding carboxylic acids is 1. The van der Waals surface area contributed by atoms with E-state index in [9.17, 15) is 9.59 Å². The third-order valence-corrected chi connectivity index (χ3v) is 4.80. The van der Waals surface area contributed by atoms with Crippen molar-refractivity contribution in [3.63, 3.8) is 0 Å². The molecule has 8 heteroatoms. The molecule has 30 heavy (non-hydrogen) atoms. The summed E-state index contributed by atoms with van der Waals surface area (Å²) >= 11 is 6.17. The highest BCUT2D eigenvalue weighted by molar-refractivity contribution is 6.32. The van der Waals surface area contributed by atoms with Crippen molar-refractivity contribution in [1.29, 1.82) is 0 Å². The van der Waals surface area contributed by atoms with Crippen molar-refractivity contribution in [3.05, 3.63) is 69.6 Å². The van der Waals surface area contributed by atoms with Gasteiger partial charge in [0.1, 0.15) is 23.9 Å². The van der Waals surface area contributed by atoms with E-state index in [1.54, 1.807) is 6.07 Å². The largest absolute Gasteiger partial charge is 0.495 e. The van der Waals surface area contributed by atoms with E-state index in [0.717, 1.165) is 5.56 Å². The summed E-state index contributed by atoms with van der Waals surface area (Å²) in [5.74, 6) is 0.836. The van der Waals surface area contributed by atoms with Crippen LogP contribution in [0.3, 0.4) is 0 Å². The number of benzene rings is 2. The van der Waals surface area contributed by atoms with Crippen molar-refractivity contribution in [3.8, 4) is 22.9 Å². The number of rotatable bonds is 7. The van der Waals surface area contributed by atoms with Crippen molar-refractivity contribution in [1.82, 2.24) is 9.55 Å². The van der Waals surface area contributed by atoms with Gasteiger partial charge in [-0.3, -0.25) is 14.2 Å². The molecule has 0 atom stereocenters. The molecule has 3 rings (SSSR count). The first kappa shape index (κ1) is 21.4. The maximum atomic E-state index is 12.8. The van der Waals surface area contributed by atoms with Gasteiger partial charge in [0.05, 0.1) is 24.9 Å². The molecule has 1 heterocycles. The molecule has 0 aliphatic rings. The molecule has 1 aromatic heterocycles. The summed E-state index contributed by atoms with van der Waals surface area (Å²) in [5.41, 5.74) is 1.50. The van der Waals surface area contributed by atoms with Crippen molar-refractivity contribution >= 4 is 23.2 Å². The van der Waals surface area contributed by atoms with Gasteiger partial charge in [0.2, 0.25) is 5.91 Å². The van der Waals surface area contributed by atoms with Gasteiger partial charge in [-0.15, -0.1) is 0 Å². The first-order chi connectivity index (χ1) is 14.5. The molecule has 0 bridgehead atoms. The number of amides is 1. The van der Waals surface area contributed by atoms with Crippen LogP contribution in [0.4, 0.5) is 5.69 Å². The number of anilines is 1. The lowest BCUT2D eigenvalue weighted by atomic mass is 10.2. The highest BCUT2D eigenvalue weighted by Gasteiger charge is 2.16. The van der Waals surface area contributed by atoms with Gasteiger partial charge in [-0.2, -0.15) is 0 Å². The molecule has 0 unspecified atom stereocenters. The molecule has 1 N–H and O–H groups in total. The smallest absolute Gasteiger partial charge is 0.254 e. The number of nitrogens with zero attached hydrogens (tertiary/aromatic N) is 2. The van der Waals surface area contributed by atoms with Gasteiger partial charge < -0.3 is 14.8 Å². The van der Waals surface area contributed by atoms with Gasteiger partial charge in [-0.1, -0.05) is 48.9 Å². The van der Waals surface area contributed by atoms with Gasteiger partial charge in [0, 0.05) is 23.4 Å². The van der Waals surface area contributed by atoms with Crippen LogP contribution in [0.1, 0.15) is 12.6 Å². The molecule has 1 amide bonds. The van der Waals surface area contributed by atoms with Crippen molar-refractivity contribution in [2.75, 3.05) is 19.5 Å². The van der Waals surface area contributed by atoms with Crippen LogP contribution in [-0.2, 0) is 17.8 Å². The molecule has 0 fully saturated rings. The van der Waals surface area contributed by atoms with Crippen LogP contribution < -0.4 is 20.3 Å². The lowest BCUT2D eigenvalue weighted by molar-refractivity contribution is -0.116. The fraction of sp³-hybridized carbons (Fsp3) is 0.227. The number of carbonyl (C=O) groups is 1. The molecule has 2 aromatic carbocycles. The summed E-state index contributed by atoms with van der Waals surface area (Å²) in [4.78, 5) is 30.1. The minimum absolute atomic E-state index is 0.215. The van der Waals surface area contributed by atoms with Crippen LogP contribution in [0.5, 0.6) is 11.5 Å². The van der Waals surface area contributed by atoms with E-state index in [0.29, 0.717) is 40.1 Å². The molecule has 0 aliphatic heterocycles. The lowest BCUT2D eigenvalue weighted by Crippen LogP contribution is -2.30. The summed E-state index contributed by atoms with van der Waals surface area (Å²) in [7, 11) is 2.97. The number of nitrogens with one attached hydrogen (secondary N) is 1. The highest BCUT2D eigenvalue weighted by Crippen LogP contribution is 2.35. The normalized spacial score (nSPS) is 10.5. The fourth-order valence-corrected chi connectivity index (χ4v) is 3.23. The van der Waals surface area contributed by atoms with Crippen LogP contribution in [0, 0.1) is 0 Å². The molecule has 0 aliphatic carbocycles. The molecule has 156 valence electrons. The predicted octanol–water partition coefficient (Wildman–Crippen LogP) is 3.78. The highest BCUT2D eigenvalue weighted by atomic mass is 35.5. The van der Waals surface area contributed by atoms with Crippen LogP contribution in [0.2, 0.25) is 5.02 Å².